The van der Waals surface area contributed by atoms with E-state index in [0.717, 1.165) is 38.0 Å². The number of hydrogen-bond donors (Lipinski definition) is 1. The van der Waals surface area contributed by atoms with Gasteiger partial charge >= 0.3 is 0 Å². The molecule has 0 aromatic heterocycles. The fourth-order valence-electron chi connectivity index (χ4n) is 3.97. The summed E-state index contributed by atoms with van der Waals surface area (Å²) in [4.78, 5) is 15.2. The largest absolute Gasteiger partial charge is 0.508 e. The number of benzene rings is 1. The standard InChI is InChI=1S/C21H33NO2/c1-3-5-6-7-8-14-22-15-12-21(13-16-22,20(24)4-2)18-10-9-11-19(23)17-18/h9-11,17,23H,3-8,12-16H2,1-2H3. The molecular formula is C21H33NO2. The molecule has 1 fully saturated rings. The molecule has 3 heteroatoms. The van der Waals surface area contributed by atoms with Gasteiger partial charge in [-0.2, -0.15) is 0 Å². The molecule has 2 rings (SSSR count). The molecule has 1 heterocycles. The van der Waals surface area contributed by atoms with E-state index in [2.05, 4.69) is 11.8 Å². The number of unbranched alkanes of at least 4 members (excludes halogenated alkanes) is 4. The molecule has 1 N–H and O–H groups in total. The summed E-state index contributed by atoms with van der Waals surface area (Å²) < 4.78 is 0. The Bertz CT molecular complexity index is 518. The van der Waals surface area contributed by atoms with Gasteiger partial charge in [-0.05, 0) is 56.6 Å². The number of ketones is 1. The van der Waals surface area contributed by atoms with Crippen LogP contribution >= 0.6 is 0 Å². The Kier molecular flexibility index (Phi) is 7.29. The SMILES string of the molecule is CCCCCCCN1CCC(C(=O)CC)(c2cccc(O)c2)CC1. The van der Waals surface area contributed by atoms with Crippen molar-refractivity contribution in [3.05, 3.63) is 29.8 Å². The van der Waals surface area contributed by atoms with Gasteiger partial charge < -0.3 is 10.0 Å². The van der Waals surface area contributed by atoms with E-state index < -0.39 is 5.41 Å². The van der Waals surface area contributed by atoms with Crippen LogP contribution in [0.15, 0.2) is 24.3 Å². The highest BCUT2D eigenvalue weighted by atomic mass is 16.3. The van der Waals surface area contributed by atoms with E-state index in [0.29, 0.717) is 12.2 Å². The van der Waals surface area contributed by atoms with Crippen LogP contribution in [-0.4, -0.2) is 35.4 Å². The molecule has 0 bridgehead atoms. The van der Waals surface area contributed by atoms with Gasteiger partial charge in [0.25, 0.3) is 0 Å². The maximum absolute atomic E-state index is 12.7. The molecule has 1 aromatic rings. The fourth-order valence-corrected chi connectivity index (χ4v) is 3.97. The molecule has 0 amide bonds. The third-order valence-electron chi connectivity index (χ3n) is 5.54. The minimum atomic E-state index is -0.397. The summed E-state index contributed by atoms with van der Waals surface area (Å²) in [5, 5.41) is 9.83. The maximum atomic E-state index is 12.7. The third kappa shape index (κ3) is 4.60. The van der Waals surface area contributed by atoms with Crippen LogP contribution in [0.1, 0.15) is 70.8 Å². The minimum Gasteiger partial charge on any atom is -0.508 e. The molecule has 3 nitrogen and oxygen atoms in total. The number of hydrogen-bond acceptors (Lipinski definition) is 3. The summed E-state index contributed by atoms with van der Waals surface area (Å²) in [6.45, 7) is 7.31. The molecule has 1 aromatic carbocycles. The van der Waals surface area contributed by atoms with E-state index in [1.165, 1.54) is 32.1 Å². The first-order valence-corrected chi connectivity index (χ1v) is 9.67. The van der Waals surface area contributed by atoms with E-state index in [9.17, 15) is 9.90 Å². The Hall–Kier alpha value is -1.35. The lowest BCUT2D eigenvalue weighted by Crippen LogP contribution is -2.47. The quantitative estimate of drug-likeness (QED) is 0.668. The Morgan fingerprint density at radius 3 is 2.46 bits per heavy atom. The van der Waals surface area contributed by atoms with Crippen LogP contribution < -0.4 is 0 Å². The van der Waals surface area contributed by atoms with Crippen molar-refractivity contribution in [3.8, 4) is 5.75 Å². The zero-order chi connectivity index (χ0) is 17.4. The Morgan fingerprint density at radius 1 is 1.12 bits per heavy atom. The number of aromatic hydroxyl groups is 1. The van der Waals surface area contributed by atoms with E-state index >= 15 is 0 Å². The van der Waals surface area contributed by atoms with Crippen molar-refractivity contribution >= 4 is 5.78 Å². The predicted octanol–water partition coefficient (Wildman–Crippen LogP) is 4.68. The molecule has 0 unspecified atom stereocenters. The van der Waals surface area contributed by atoms with Crippen LogP contribution in [0, 0.1) is 0 Å². The molecule has 1 saturated heterocycles. The first kappa shape index (κ1) is 19.0. The lowest BCUT2D eigenvalue weighted by atomic mass is 9.69. The molecule has 0 saturated carbocycles. The average molecular weight is 332 g/mol. The maximum Gasteiger partial charge on any atom is 0.143 e. The number of phenols is 1. The number of Topliss-reactive ketones (excluding diaryl/α,β-unsaturated/α-hetero) is 1. The molecule has 1 aliphatic rings. The molecule has 0 radical (unpaired) electrons. The molecular weight excluding hydrogens is 298 g/mol. The monoisotopic (exact) mass is 331 g/mol. The number of likely N-dealkylation sites (tertiary alicyclic amines) is 1. The van der Waals surface area contributed by atoms with E-state index in [1.807, 2.05) is 19.1 Å². The summed E-state index contributed by atoms with van der Waals surface area (Å²) in [7, 11) is 0. The zero-order valence-electron chi connectivity index (χ0n) is 15.4. The van der Waals surface area contributed by atoms with E-state index in [1.54, 1.807) is 12.1 Å². The third-order valence-corrected chi connectivity index (χ3v) is 5.54. The summed E-state index contributed by atoms with van der Waals surface area (Å²) in [5.74, 6) is 0.574. The van der Waals surface area contributed by atoms with Crippen molar-refractivity contribution in [2.75, 3.05) is 19.6 Å². The van der Waals surface area contributed by atoms with Crippen LogP contribution in [0.4, 0.5) is 0 Å². The van der Waals surface area contributed by atoms with Crippen molar-refractivity contribution in [2.24, 2.45) is 0 Å². The minimum absolute atomic E-state index is 0.258. The van der Waals surface area contributed by atoms with Crippen LogP contribution in [0.2, 0.25) is 0 Å². The number of nitrogens with zero attached hydrogens (tertiary/aromatic N) is 1. The Labute approximate surface area is 147 Å². The van der Waals surface area contributed by atoms with Crippen LogP contribution in [0.3, 0.4) is 0 Å². The van der Waals surface area contributed by atoms with Crippen molar-refractivity contribution in [3.63, 3.8) is 0 Å². The fraction of sp³-hybridized carbons (Fsp3) is 0.667. The summed E-state index contributed by atoms with van der Waals surface area (Å²) in [6.07, 6.45) is 8.85. The normalized spacial score (nSPS) is 17.8. The van der Waals surface area contributed by atoms with Gasteiger partial charge in [0.05, 0.1) is 5.41 Å². The summed E-state index contributed by atoms with van der Waals surface area (Å²) in [5.41, 5.74) is 0.601. The van der Waals surface area contributed by atoms with Gasteiger partial charge in [-0.15, -0.1) is 0 Å². The molecule has 24 heavy (non-hydrogen) atoms. The Morgan fingerprint density at radius 2 is 1.83 bits per heavy atom. The first-order chi connectivity index (χ1) is 11.6. The second-order valence-corrected chi connectivity index (χ2v) is 7.17. The van der Waals surface area contributed by atoms with Crippen molar-refractivity contribution < 1.29 is 9.90 Å². The van der Waals surface area contributed by atoms with Gasteiger partial charge in [0.1, 0.15) is 11.5 Å². The lowest BCUT2D eigenvalue weighted by molar-refractivity contribution is -0.126. The van der Waals surface area contributed by atoms with Crippen LogP contribution in [0.25, 0.3) is 0 Å². The molecule has 134 valence electrons. The first-order valence-electron chi connectivity index (χ1n) is 9.67. The zero-order valence-corrected chi connectivity index (χ0v) is 15.4. The van der Waals surface area contributed by atoms with Gasteiger partial charge in [0.15, 0.2) is 0 Å². The summed E-state index contributed by atoms with van der Waals surface area (Å²) in [6, 6.07) is 7.33. The predicted molar refractivity (Wildman–Crippen MR) is 99.5 cm³/mol. The van der Waals surface area contributed by atoms with Crippen molar-refractivity contribution in [1.29, 1.82) is 0 Å². The molecule has 1 aliphatic heterocycles. The van der Waals surface area contributed by atoms with E-state index in [-0.39, 0.29) is 5.75 Å². The topological polar surface area (TPSA) is 40.5 Å². The number of carbonyl (C=O) groups excluding carboxylic acids is 1. The Balaban J connectivity index is 1.97. The van der Waals surface area contributed by atoms with Crippen LogP contribution in [-0.2, 0) is 10.2 Å². The molecule has 0 spiro atoms. The smallest absolute Gasteiger partial charge is 0.143 e. The second kappa shape index (κ2) is 9.22. The van der Waals surface area contributed by atoms with Crippen LogP contribution in [0.5, 0.6) is 5.75 Å². The molecule has 0 aliphatic carbocycles. The van der Waals surface area contributed by atoms with Gasteiger partial charge in [-0.3, -0.25) is 4.79 Å². The number of piperidine rings is 1. The summed E-state index contributed by atoms with van der Waals surface area (Å²) >= 11 is 0. The van der Waals surface area contributed by atoms with E-state index in [4.69, 9.17) is 0 Å². The highest BCUT2D eigenvalue weighted by molar-refractivity contribution is 5.90. The highest BCUT2D eigenvalue weighted by Crippen LogP contribution is 2.38. The average Bonchev–Trinajstić information content (AvgIpc) is 2.61. The van der Waals surface area contributed by atoms with Gasteiger partial charge in [-0.25, -0.2) is 0 Å². The highest BCUT2D eigenvalue weighted by Gasteiger charge is 2.41. The van der Waals surface area contributed by atoms with Gasteiger partial charge in [0, 0.05) is 6.42 Å². The lowest BCUT2D eigenvalue weighted by Gasteiger charge is -2.41. The van der Waals surface area contributed by atoms with Gasteiger partial charge in [-0.1, -0.05) is 51.7 Å². The van der Waals surface area contributed by atoms with Crippen molar-refractivity contribution in [2.45, 2.75) is 70.6 Å². The number of carbonyl (C=O) groups is 1. The number of rotatable bonds is 9. The van der Waals surface area contributed by atoms with Gasteiger partial charge in [0.2, 0.25) is 0 Å². The number of phenolic OH excluding ortho intramolecular Hbond substituents is 1. The molecule has 0 atom stereocenters. The van der Waals surface area contributed by atoms with Crippen molar-refractivity contribution in [1.82, 2.24) is 4.90 Å². The second-order valence-electron chi connectivity index (χ2n) is 7.17.